The first-order valence-electron chi connectivity index (χ1n) is 6.45. The normalized spacial score (nSPS) is 10.8. The van der Waals surface area contributed by atoms with Gasteiger partial charge in [0.1, 0.15) is 4.99 Å². The predicted molar refractivity (Wildman–Crippen MR) is 92.5 cm³/mol. The van der Waals surface area contributed by atoms with E-state index in [9.17, 15) is 0 Å². The number of nitrogens with two attached hydrogens (primary N) is 1. The summed E-state index contributed by atoms with van der Waals surface area (Å²) in [4.78, 5) is 9.32. The largest absolute Gasteiger partial charge is 0.389 e. The molecule has 21 heavy (non-hydrogen) atoms. The van der Waals surface area contributed by atoms with Gasteiger partial charge in [-0.3, -0.25) is 4.98 Å². The lowest BCUT2D eigenvalue weighted by Gasteiger charge is -2.12. The molecule has 0 unspecified atom stereocenters. The van der Waals surface area contributed by atoms with Crippen molar-refractivity contribution in [3.05, 3.63) is 47.3 Å². The molecule has 1 aromatic carbocycles. The van der Waals surface area contributed by atoms with E-state index < -0.39 is 0 Å². The standard InChI is InChI=1S/C15H14N4S2/c1-8-7-11(13(14(16)20)9(2)17-8)19-15-18-10-5-3-4-6-12(10)21-15/h3-7H,1-2H3,(H2,16,20)(H,17,18,19). The molecule has 3 rings (SSSR count). The molecule has 0 amide bonds. The fourth-order valence-electron chi connectivity index (χ4n) is 2.28. The number of nitrogens with one attached hydrogen (secondary N) is 1. The summed E-state index contributed by atoms with van der Waals surface area (Å²) in [5.41, 5.74) is 10.2. The number of aryl methyl sites for hydroxylation is 2. The zero-order chi connectivity index (χ0) is 15.0. The number of benzene rings is 1. The van der Waals surface area contributed by atoms with Gasteiger partial charge in [-0.2, -0.15) is 0 Å². The fourth-order valence-corrected chi connectivity index (χ4v) is 3.41. The summed E-state index contributed by atoms with van der Waals surface area (Å²) in [7, 11) is 0. The van der Waals surface area contributed by atoms with Crippen LogP contribution in [0.4, 0.5) is 10.8 Å². The van der Waals surface area contributed by atoms with Crippen LogP contribution >= 0.6 is 23.6 Å². The van der Waals surface area contributed by atoms with Crippen molar-refractivity contribution in [1.29, 1.82) is 0 Å². The van der Waals surface area contributed by atoms with Crippen LogP contribution < -0.4 is 11.1 Å². The molecule has 0 radical (unpaired) electrons. The summed E-state index contributed by atoms with van der Waals surface area (Å²) < 4.78 is 1.14. The molecule has 0 saturated heterocycles. The third kappa shape index (κ3) is 2.72. The van der Waals surface area contributed by atoms with Crippen LogP contribution in [0.15, 0.2) is 30.3 Å². The average Bonchev–Trinajstić information content (AvgIpc) is 2.79. The highest BCUT2D eigenvalue weighted by Crippen LogP contribution is 2.30. The van der Waals surface area contributed by atoms with Crippen molar-refractivity contribution in [3.63, 3.8) is 0 Å². The maximum atomic E-state index is 5.83. The zero-order valence-corrected chi connectivity index (χ0v) is 13.3. The number of nitrogens with zero attached hydrogens (tertiary/aromatic N) is 2. The summed E-state index contributed by atoms with van der Waals surface area (Å²) in [5.74, 6) is 0. The van der Waals surface area contributed by atoms with Crippen LogP contribution in [-0.4, -0.2) is 15.0 Å². The monoisotopic (exact) mass is 314 g/mol. The highest BCUT2D eigenvalue weighted by atomic mass is 32.1. The van der Waals surface area contributed by atoms with Crippen molar-refractivity contribution >= 4 is 49.6 Å². The maximum Gasteiger partial charge on any atom is 0.188 e. The minimum atomic E-state index is 0.337. The number of fused-ring (bicyclic) bond motifs is 1. The van der Waals surface area contributed by atoms with Gasteiger partial charge in [-0.1, -0.05) is 35.7 Å². The molecule has 0 saturated carbocycles. The molecule has 3 N–H and O–H groups in total. The molecule has 2 aromatic heterocycles. The smallest absolute Gasteiger partial charge is 0.188 e. The van der Waals surface area contributed by atoms with E-state index in [1.54, 1.807) is 11.3 Å². The van der Waals surface area contributed by atoms with E-state index in [-0.39, 0.29) is 0 Å². The number of aromatic nitrogens is 2. The van der Waals surface area contributed by atoms with Crippen LogP contribution in [0, 0.1) is 13.8 Å². The molecule has 2 heterocycles. The van der Waals surface area contributed by atoms with Gasteiger partial charge < -0.3 is 11.1 Å². The number of pyridine rings is 1. The van der Waals surface area contributed by atoms with Crippen LogP contribution in [0.1, 0.15) is 17.0 Å². The molecule has 0 fully saturated rings. The van der Waals surface area contributed by atoms with Crippen LogP contribution in [0.5, 0.6) is 0 Å². The van der Waals surface area contributed by atoms with Gasteiger partial charge in [-0.25, -0.2) is 4.98 Å². The van der Waals surface area contributed by atoms with Crippen molar-refractivity contribution in [2.24, 2.45) is 5.73 Å². The van der Waals surface area contributed by atoms with Crippen molar-refractivity contribution in [2.45, 2.75) is 13.8 Å². The van der Waals surface area contributed by atoms with Crippen LogP contribution in [0.25, 0.3) is 10.2 Å². The second kappa shape index (κ2) is 5.38. The van der Waals surface area contributed by atoms with Crippen LogP contribution in [0.3, 0.4) is 0 Å². The SMILES string of the molecule is Cc1cc(Nc2nc3ccccc3s2)c(C(N)=S)c(C)n1. The molecule has 0 aliphatic carbocycles. The van der Waals surface area contributed by atoms with Gasteiger partial charge in [0.15, 0.2) is 5.13 Å². The number of thiazole rings is 1. The third-order valence-corrected chi connectivity index (χ3v) is 4.27. The topological polar surface area (TPSA) is 63.8 Å². The van der Waals surface area contributed by atoms with Crippen molar-refractivity contribution in [3.8, 4) is 0 Å². The lowest BCUT2D eigenvalue weighted by atomic mass is 10.1. The van der Waals surface area contributed by atoms with Crippen molar-refractivity contribution < 1.29 is 0 Å². The van der Waals surface area contributed by atoms with Gasteiger partial charge in [0.2, 0.25) is 0 Å². The first-order valence-corrected chi connectivity index (χ1v) is 7.67. The summed E-state index contributed by atoms with van der Waals surface area (Å²) in [6, 6.07) is 9.97. The Morgan fingerprint density at radius 1 is 1.24 bits per heavy atom. The second-order valence-corrected chi connectivity index (χ2v) is 6.22. The van der Waals surface area contributed by atoms with E-state index in [2.05, 4.69) is 21.4 Å². The van der Waals surface area contributed by atoms with E-state index in [1.807, 2.05) is 38.1 Å². The molecule has 106 valence electrons. The van der Waals surface area contributed by atoms with Gasteiger partial charge in [0.05, 0.1) is 21.5 Å². The Hall–Kier alpha value is -2.05. The molecule has 0 aliphatic rings. The number of hydrogen-bond acceptors (Lipinski definition) is 5. The second-order valence-electron chi connectivity index (χ2n) is 4.75. The minimum Gasteiger partial charge on any atom is -0.389 e. The number of rotatable bonds is 3. The van der Waals surface area contributed by atoms with E-state index in [0.717, 1.165) is 38.0 Å². The Bertz CT molecular complexity index is 806. The number of para-hydroxylation sites is 1. The molecule has 0 spiro atoms. The van der Waals surface area contributed by atoms with Crippen LogP contribution in [-0.2, 0) is 0 Å². The molecular formula is C15H14N4S2. The first kappa shape index (κ1) is 13.9. The van der Waals surface area contributed by atoms with Crippen molar-refractivity contribution in [1.82, 2.24) is 9.97 Å². The Morgan fingerprint density at radius 2 is 2.00 bits per heavy atom. The summed E-state index contributed by atoms with van der Waals surface area (Å²) in [5, 5.41) is 4.14. The summed E-state index contributed by atoms with van der Waals surface area (Å²) in [6.07, 6.45) is 0. The Balaban J connectivity index is 2.06. The Morgan fingerprint density at radius 3 is 2.71 bits per heavy atom. The van der Waals surface area contributed by atoms with Gasteiger partial charge in [-0.15, -0.1) is 0 Å². The molecule has 0 aliphatic heterocycles. The first-order chi connectivity index (χ1) is 10.0. The van der Waals surface area contributed by atoms with Crippen molar-refractivity contribution in [2.75, 3.05) is 5.32 Å². The minimum absolute atomic E-state index is 0.337. The van der Waals surface area contributed by atoms with Crippen LogP contribution in [0.2, 0.25) is 0 Å². The Kier molecular flexibility index (Phi) is 3.57. The highest BCUT2D eigenvalue weighted by Gasteiger charge is 2.13. The molecule has 0 bridgehead atoms. The van der Waals surface area contributed by atoms with E-state index in [1.165, 1.54) is 0 Å². The van der Waals surface area contributed by atoms with Gasteiger partial charge >= 0.3 is 0 Å². The lowest BCUT2D eigenvalue weighted by Crippen LogP contribution is -2.15. The van der Waals surface area contributed by atoms with E-state index in [4.69, 9.17) is 18.0 Å². The van der Waals surface area contributed by atoms with E-state index in [0.29, 0.717) is 4.99 Å². The van der Waals surface area contributed by atoms with Gasteiger partial charge in [-0.05, 0) is 32.0 Å². The average molecular weight is 314 g/mol. The third-order valence-electron chi connectivity index (χ3n) is 3.11. The van der Waals surface area contributed by atoms with Gasteiger partial charge in [0, 0.05) is 11.4 Å². The number of hydrogen-bond donors (Lipinski definition) is 2. The Labute approximate surface area is 132 Å². The molecule has 6 heteroatoms. The highest BCUT2D eigenvalue weighted by molar-refractivity contribution is 7.80. The molecule has 0 atom stereocenters. The number of thiocarbonyl (C=S) groups is 1. The van der Waals surface area contributed by atoms with Gasteiger partial charge in [0.25, 0.3) is 0 Å². The molecular weight excluding hydrogens is 300 g/mol. The molecule has 3 aromatic rings. The number of anilines is 2. The predicted octanol–water partition coefficient (Wildman–Crippen LogP) is 3.69. The molecule has 4 nitrogen and oxygen atoms in total. The summed E-state index contributed by atoms with van der Waals surface area (Å²) >= 11 is 6.74. The quantitative estimate of drug-likeness (QED) is 0.722. The summed E-state index contributed by atoms with van der Waals surface area (Å²) in [6.45, 7) is 3.85. The lowest BCUT2D eigenvalue weighted by molar-refractivity contribution is 1.11. The fraction of sp³-hybridized carbons (Fsp3) is 0.133. The maximum absolute atomic E-state index is 5.83. The van der Waals surface area contributed by atoms with E-state index >= 15 is 0 Å². The zero-order valence-electron chi connectivity index (χ0n) is 11.7.